The summed E-state index contributed by atoms with van der Waals surface area (Å²) in [7, 11) is 2.00. The van der Waals surface area contributed by atoms with E-state index in [1.165, 1.54) is 38.5 Å². The molecule has 2 heterocycles. The van der Waals surface area contributed by atoms with E-state index in [0.29, 0.717) is 17.8 Å². The maximum atomic E-state index is 13.3. The van der Waals surface area contributed by atoms with Gasteiger partial charge in [-0.15, -0.1) is 0 Å². The van der Waals surface area contributed by atoms with Crippen LogP contribution in [0.5, 0.6) is 0 Å². The molecule has 0 radical (unpaired) electrons. The molecule has 0 spiro atoms. The molecule has 0 aliphatic heterocycles. The summed E-state index contributed by atoms with van der Waals surface area (Å²) in [5.74, 6) is 3.52. The Bertz CT molecular complexity index is 968. The van der Waals surface area contributed by atoms with E-state index in [0.717, 1.165) is 52.6 Å². The molecular weight excluding hydrogens is 386 g/mol. The van der Waals surface area contributed by atoms with Gasteiger partial charge in [0.2, 0.25) is 5.91 Å². The van der Waals surface area contributed by atoms with Gasteiger partial charge in [-0.1, -0.05) is 0 Å². The van der Waals surface area contributed by atoms with Crippen LogP contribution in [0.2, 0.25) is 0 Å². The van der Waals surface area contributed by atoms with Crippen LogP contribution in [0.1, 0.15) is 66.9 Å². The van der Waals surface area contributed by atoms with Gasteiger partial charge in [0.25, 0.3) is 5.95 Å². The van der Waals surface area contributed by atoms with E-state index in [9.17, 15) is 4.79 Å². The summed E-state index contributed by atoms with van der Waals surface area (Å²) in [5, 5.41) is 4.68. The molecule has 0 saturated heterocycles. The number of aryl methyl sites for hydroxylation is 3. The highest BCUT2D eigenvalue weighted by molar-refractivity contribution is 5.79. The molecule has 6 heteroatoms. The number of hydrogen-bond donors (Lipinski definition) is 0. The van der Waals surface area contributed by atoms with Gasteiger partial charge in [-0.3, -0.25) is 4.79 Å². The Morgan fingerprint density at radius 3 is 2.13 bits per heavy atom. The van der Waals surface area contributed by atoms with Gasteiger partial charge in [0.1, 0.15) is 0 Å². The molecule has 2 aromatic heterocycles. The van der Waals surface area contributed by atoms with Gasteiger partial charge in [-0.25, -0.2) is 14.6 Å². The number of carbonyl (C=O) groups excluding carboxylic acids is 1. The van der Waals surface area contributed by atoms with Gasteiger partial charge in [-0.2, -0.15) is 5.10 Å². The van der Waals surface area contributed by atoms with Crippen molar-refractivity contribution in [2.45, 2.75) is 72.6 Å². The maximum Gasteiger partial charge on any atom is 0.251 e. The summed E-state index contributed by atoms with van der Waals surface area (Å²) in [6.45, 7) is 8.85. The molecule has 4 fully saturated rings. The van der Waals surface area contributed by atoms with Crippen molar-refractivity contribution in [3.05, 3.63) is 34.4 Å². The van der Waals surface area contributed by atoms with Crippen molar-refractivity contribution in [2.75, 3.05) is 13.6 Å². The summed E-state index contributed by atoms with van der Waals surface area (Å²) in [6.07, 6.45) is 8.70. The normalized spacial score (nSPS) is 28.9. The molecule has 4 aliphatic carbocycles. The smallest absolute Gasteiger partial charge is 0.251 e. The second-order valence-corrected chi connectivity index (χ2v) is 10.9. The summed E-state index contributed by atoms with van der Waals surface area (Å²) < 4.78 is 1.79. The predicted octanol–water partition coefficient (Wildman–Crippen LogP) is 4.11. The third-order valence-electron chi connectivity index (χ3n) is 8.09. The van der Waals surface area contributed by atoms with E-state index in [2.05, 4.69) is 15.1 Å². The highest BCUT2D eigenvalue weighted by Gasteiger charge is 2.51. The van der Waals surface area contributed by atoms with Crippen molar-refractivity contribution >= 4 is 5.91 Å². The molecule has 0 unspecified atom stereocenters. The molecule has 2 aromatic rings. The Labute approximate surface area is 185 Å². The number of likely N-dealkylation sites (N-methyl/N-ethyl adjacent to an activating group) is 1. The predicted molar refractivity (Wildman–Crippen MR) is 120 cm³/mol. The van der Waals surface area contributed by atoms with E-state index in [1.54, 1.807) is 4.68 Å². The molecule has 166 valence electrons. The zero-order chi connectivity index (χ0) is 21.9. The van der Waals surface area contributed by atoms with Gasteiger partial charge in [0.15, 0.2) is 0 Å². The van der Waals surface area contributed by atoms with Crippen LogP contribution in [-0.2, 0) is 11.2 Å². The number of aromatic nitrogens is 4. The molecule has 6 nitrogen and oxygen atoms in total. The van der Waals surface area contributed by atoms with E-state index >= 15 is 0 Å². The maximum absolute atomic E-state index is 13.3. The van der Waals surface area contributed by atoms with Crippen LogP contribution >= 0.6 is 0 Å². The zero-order valence-corrected chi connectivity index (χ0v) is 19.6. The van der Waals surface area contributed by atoms with Crippen LogP contribution in [0.4, 0.5) is 0 Å². The average molecular weight is 422 g/mol. The lowest BCUT2D eigenvalue weighted by atomic mass is 9.49. The van der Waals surface area contributed by atoms with Gasteiger partial charge in [0, 0.05) is 36.2 Å². The molecule has 0 aromatic carbocycles. The molecule has 4 bridgehead atoms. The Kier molecular flexibility index (Phi) is 4.94. The number of carbonyl (C=O) groups is 1. The minimum Gasteiger partial charge on any atom is -0.345 e. The number of rotatable bonds is 5. The zero-order valence-electron chi connectivity index (χ0n) is 19.6. The number of nitrogens with zero attached hydrogens (tertiary/aromatic N) is 5. The molecule has 4 aliphatic rings. The van der Waals surface area contributed by atoms with Crippen LogP contribution < -0.4 is 0 Å². The van der Waals surface area contributed by atoms with Gasteiger partial charge < -0.3 is 4.90 Å². The van der Waals surface area contributed by atoms with E-state index in [4.69, 9.17) is 0 Å². The van der Waals surface area contributed by atoms with Crippen LogP contribution in [0.15, 0.2) is 6.07 Å². The summed E-state index contributed by atoms with van der Waals surface area (Å²) >= 11 is 0. The topological polar surface area (TPSA) is 63.9 Å². The van der Waals surface area contributed by atoms with Crippen molar-refractivity contribution in [2.24, 2.45) is 23.2 Å². The SMILES string of the molecule is Cc1cc(C)nc(-n2nc(C)c(CC(=O)N(C)CC34CC5CC(CC(C5)C3)C4)c2C)n1. The highest BCUT2D eigenvalue weighted by atomic mass is 16.2. The van der Waals surface area contributed by atoms with Crippen molar-refractivity contribution in [3.63, 3.8) is 0 Å². The first-order valence-electron chi connectivity index (χ1n) is 11.8. The van der Waals surface area contributed by atoms with Crippen molar-refractivity contribution in [1.29, 1.82) is 0 Å². The molecular formula is C25H35N5O. The van der Waals surface area contributed by atoms with Gasteiger partial charge >= 0.3 is 0 Å². The Hall–Kier alpha value is -2.24. The Balaban J connectivity index is 1.32. The Morgan fingerprint density at radius 2 is 1.58 bits per heavy atom. The fourth-order valence-corrected chi connectivity index (χ4v) is 7.29. The third kappa shape index (κ3) is 3.79. The van der Waals surface area contributed by atoms with Crippen LogP contribution in [0.3, 0.4) is 0 Å². The van der Waals surface area contributed by atoms with Gasteiger partial charge in [-0.05, 0) is 95.5 Å². The van der Waals surface area contributed by atoms with E-state index in [-0.39, 0.29) is 5.91 Å². The fraction of sp³-hybridized carbons (Fsp3) is 0.680. The lowest BCUT2D eigenvalue weighted by molar-refractivity contribution is -0.134. The second-order valence-electron chi connectivity index (χ2n) is 10.9. The minimum atomic E-state index is 0.197. The quantitative estimate of drug-likeness (QED) is 0.729. The molecule has 1 amide bonds. The lowest BCUT2D eigenvalue weighted by Gasteiger charge is -2.57. The summed E-state index contributed by atoms with van der Waals surface area (Å²) in [4.78, 5) is 24.4. The number of hydrogen-bond acceptors (Lipinski definition) is 4. The van der Waals surface area contributed by atoms with E-state index in [1.807, 2.05) is 45.7 Å². The van der Waals surface area contributed by atoms with Crippen molar-refractivity contribution < 1.29 is 4.79 Å². The molecule has 6 rings (SSSR count). The van der Waals surface area contributed by atoms with Gasteiger partial charge in [0.05, 0.1) is 12.1 Å². The largest absolute Gasteiger partial charge is 0.345 e. The minimum absolute atomic E-state index is 0.197. The summed E-state index contributed by atoms with van der Waals surface area (Å²) in [6, 6.07) is 1.96. The fourth-order valence-electron chi connectivity index (χ4n) is 7.29. The summed E-state index contributed by atoms with van der Waals surface area (Å²) in [5.41, 5.74) is 5.06. The average Bonchev–Trinajstić information content (AvgIpc) is 2.94. The molecule has 4 saturated carbocycles. The monoisotopic (exact) mass is 421 g/mol. The first kappa shape index (κ1) is 20.7. The first-order chi connectivity index (χ1) is 14.7. The Morgan fingerprint density at radius 1 is 1.03 bits per heavy atom. The number of amides is 1. The van der Waals surface area contributed by atoms with Crippen molar-refractivity contribution in [1.82, 2.24) is 24.6 Å². The van der Waals surface area contributed by atoms with Crippen LogP contribution in [0.25, 0.3) is 5.95 Å². The molecule has 31 heavy (non-hydrogen) atoms. The second kappa shape index (κ2) is 7.42. The van der Waals surface area contributed by atoms with E-state index < -0.39 is 0 Å². The van der Waals surface area contributed by atoms with Crippen LogP contribution in [-0.4, -0.2) is 44.1 Å². The lowest BCUT2D eigenvalue weighted by Crippen LogP contribution is -2.51. The standard InChI is InChI=1S/C25H35N5O/c1-15-6-16(2)27-24(26-15)30-18(4)22(17(3)28-30)10-23(31)29(5)14-25-11-19-7-20(12-25)9-21(8-19)13-25/h6,19-21H,7-14H2,1-5H3. The highest BCUT2D eigenvalue weighted by Crippen LogP contribution is 2.60. The third-order valence-corrected chi connectivity index (χ3v) is 8.09. The van der Waals surface area contributed by atoms with Crippen LogP contribution in [0, 0.1) is 50.9 Å². The molecule has 0 N–H and O–H groups in total. The molecule has 0 atom stereocenters. The van der Waals surface area contributed by atoms with Crippen molar-refractivity contribution in [3.8, 4) is 5.95 Å². The first-order valence-corrected chi connectivity index (χ1v) is 11.8.